The molecular formula is C31H57ClKN5O12. The van der Waals surface area contributed by atoms with Gasteiger partial charge >= 0.3 is 63.3 Å². The van der Waals surface area contributed by atoms with E-state index in [2.05, 4.69) is 32.9 Å². The van der Waals surface area contributed by atoms with Crippen molar-refractivity contribution in [2.75, 3.05) is 34.3 Å². The molecule has 0 rings (SSSR count). The summed E-state index contributed by atoms with van der Waals surface area (Å²) in [6.07, 6.45) is 0.700. The molecule has 0 saturated heterocycles. The predicted molar refractivity (Wildman–Crippen MR) is 184 cm³/mol. The normalized spacial score (nSPS) is 10.3. The van der Waals surface area contributed by atoms with E-state index in [1.807, 2.05) is 0 Å². The van der Waals surface area contributed by atoms with E-state index in [1.165, 1.54) is 28.1 Å². The summed E-state index contributed by atoms with van der Waals surface area (Å²) in [5, 5.41) is 17.6. The van der Waals surface area contributed by atoms with Crippen molar-refractivity contribution in [1.29, 1.82) is 0 Å². The van der Waals surface area contributed by atoms with Gasteiger partial charge in [-0.3, -0.25) is 38.4 Å². The number of carbonyl (C=O) groups excluding carboxylic acids is 9. The number of ether oxygens (including phenoxy) is 1. The predicted octanol–water partition coefficient (Wildman–Crippen LogP) is -3.39. The van der Waals surface area contributed by atoms with Crippen LogP contribution in [-0.4, -0.2) is 110 Å². The maximum Gasteiger partial charge on any atom is 1.00 e. The number of nitrogens with two attached hydrogens (primary N) is 1. The van der Waals surface area contributed by atoms with Crippen molar-refractivity contribution in [2.45, 2.75) is 80.8 Å². The molecule has 19 heteroatoms. The van der Waals surface area contributed by atoms with Crippen LogP contribution in [0.25, 0.3) is 0 Å². The number of aliphatic carboxylic acids is 1. The first-order valence-corrected chi connectivity index (χ1v) is 15.0. The molecule has 0 aliphatic heterocycles. The summed E-state index contributed by atoms with van der Waals surface area (Å²) in [6.45, 7) is 19.1. The Morgan fingerprint density at radius 1 is 0.640 bits per heavy atom. The van der Waals surface area contributed by atoms with Gasteiger partial charge in [-0.1, -0.05) is 41.5 Å². The zero-order valence-electron chi connectivity index (χ0n) is 31.6. The summed E-state index contributed by atoms with van der Waals surface area (Å²) in [6, 6.07) is -1.13. The fourth-order valence-corrected chi connectivity index (χ4v) is 2.13. The van der Waals surface area contributed by atoms with Gasteiger partial charge in [0.2, 0.25) is 28.9 Å². The number of esters is 1. The number of amides is 3. The molecule has 7 N–H and O–H groups in total. The molecule has 0 aliphatic rings. The van der Waals surface area contributed by atoms with E-state index >= 15 is 0 Å². The molecule has 3 amide bonds. The molecule has 0 radical (unpaired) electrons. The quantitative estimate of drug-likeness (QED) is 0.0436. The molecule has 50 heavy (non-hydrogen) atoms. The van der Waals surface area contributed by atoms with E-state index < -0.39 is 70.8 Å². The van der Waals surface area contributed by atoms with E-state index in [-0.39, 0.29) is 88.0 Å². The fourth-order valence-electron chi connectivity index (χ4n) is 2.13. The van der Waals surface area contributed by atoms with Crippen LogP contribution in [0.3, 0.4) is 0 Å². The van der Waals surface area contributed by atoms with E-state index in [9.17, 15) is 47.9 Å². The second kappa shape index (κ2) is 37.8. The van der Waals surface area contributed by atoms with Gasteiger partial charge in [0.25, 0.3) is 17.7 Å². The molecule has 0 spiro atoms. The molecule has 0 aliphatic carbocycles. The smallest absolute Gasteiger partial charge is 0.475 e. The number of nitrogens with one attached hydrogen (secondary N) is 4. The van der Waals surface area contributed by atoms with Crippen molar-refractivity contribution in [2.24, 2.45) is 23.5 Å². The summed E-state index contributed by atoms with van der Waals surface area (Å²) in [4.78, 5) is 105. The van der Waals surface area contributed by atoms with Crippen molar-refractivity contribution < 1.29 is 109 Å². The number of likely N-dealkylation sites (N-methyl/N-ethyl adjacent to an activating group) is 3. The van der Waals surface area contributed by atoms with Gasteiger partial charge in [0.05, 0.1) is 18.7 Å². The van der Waals surface area contributed by atoms with Gasteiger partial charge in [0.15, 0.2) is 0 Å². The SMILES string of the molecule is CC(C)C(=O)C(=O)O.CCOC(=O)C(=O)C(C)C.CNC(=O)C(=O)C(C)C.CNC(=O)C(=O)C(C)N.Cl.[CH2-]CCNC(C)C(=O)C(=O)NC.[K+]. The molecule has 2 atom stereocenters. The van der Waals surface area contributed by atoms with Crippen LogP contribution in [0.15, 0.2) is 0 Å². The molecular weight excluding hydrogens is 709 g/mol. The van der Waals surface area contributed by atoms with Crippen molar-refractivity contribution in [3.63, 3.8) is 0 Å². The largest absolute Gasteiger partial charge is 1.00 e. The third-order valence-electron chi connectivity index (χ3n) is 5.05. The van der Waals surface area contributed by atoms with Gasteiger partial charge in [-0.15, -0.1) is 12.4 Å². The molecule has 0 saturated carbocycles. The Morgan fingerprint density at radius 3 is 1.18 bits per heavy atom. The van der Waals surface area contributed by atoms with Gasteiger partial charge in [-0.2, -0.15) is 6.42 Å². The minimum Gasteiger partial charge on any atom is -0.475 e. The molecule has 0 bridgehead atoms. The van der Waals surface area contributed by atoms with Crippen LogP contribution in [0.2, 0.25) is 0 Å². The Labute approximate surface area is 344 Å². The number of carbonyl (C=O) groups is 10. The Kier molecular flexibility index (Phi) is 47.4. The van der Waals surface area contributed by atoms with Crippen LogP contribution in [0.1, 0.15) is 68.7 Å². The summed E-state index contributed by atoms with van der Waals surface area (Å²) in [5.41, 5.74) is 5.10. The van der Waals surface area contributed by atoms with Crippen molar-refractivity contribution in [3.8, 4) is 0 Å². The Hall–Kier alpha value is -2.45. The van der Waals surface area contributed by atoms with Crippen LogP contribution < -0.4 is 78.4 Å². The average Bonchev–Trinajstić information content (AvgIpc) is 3.04. The molecule has 2 unspecified atom stereocenters. The zero-order valence-corrected chi connectivity index (χ0v) is 35.6. The third kappa shape index (κ3) is 35.4. The van der Waals surface area contributed by atoms with E-state index in [0.29, 0.717) is 13.0 Å². The Morgan fingerprint density at radius 2 is 0.980 bits per heavy atom. The van der Waals surface area contributed by atoms with Crippen LogP contribution in [-0.2, 0) is 52.7 Å². The zero-order chi connectivity index (χ0) is 39.3. The first-order chi connectivity index (χ1) is 22.0. The second-order valence-electron chi connectivity index (χ2n) is 10.4. The van der Waals surface area contributed by atoms with Gasteiger partial charge < -0.3 is 43.8 Å². The topological polar surface area (TPSA) is 274 Å². The summed E-state index contributed by atoms with van der Waals surface area (Å²) < 4.78 is 4.48. The summed E-state index contributed by atoms with van der Waals surface area (Å²) >= 11 is 0. The molecule has 0 aromatic rings. The monoisotopic (exact) mass is 765 g/mol. The average molecular weight is 766 g/mol. The van der Waals surface area contributed by atoms with E-state index in [1.54, 1.807) is 55.4 Å². The Balaban J connectivity index is -0.0000000921. The van der Waals surface area contributed by atoms with E-state index in [0.717, 1.165) is 0 Å². The number of carboxylic acids is 1. The van der Waals surface area contributed by atoms with Gasteiger partial charge in [0.1, 0.15) is 0 Å². The molecule has 17 nitrogen and oxygen atoms in total. The number of carboxylic acid groups (broad SMARTS) is 1. The molecule has 0 fully saturated rings. The van der Waals surface area contributed by atoms with Crippen LogP contribution in [0, 0.1) is 24.7 Å². The summed E-state index contributed by atoms with van der Waals surface area (Å²) in [7, 11) is 4.28. The molecule has 286 valence electrons. The van der Waals surface area contributed by atoms with Gasteiger partial charge in [0, 0.05) is 38.9 Å². The van der Waals surface area contributed by atoms with E-state index in [4.69, 9.17) is 10.8 Å². The van der Waals surface area contributed by atoms with Crippen LogP contribution >= 0.6 is 12.4 Å². The number of Topliss-reactive ketones (excluding diaryl/α,β-unsaturated/α-hetero) is 5. The number of hydrogen-bond donors (Lipinski definition) is 6. The molecule has 0 aromatic heterocycles. The van der Waals surface area contributed by atoms with Crippen LogP contribution in [0.5, 0.6) is 0 Å². The Bertz CT molecular complexity index is 1050. The van der Waals surface area contributed by atoms with Crippen molar-refractivity contribution in [1.82, 2.24) is 21.3 Å². The van der Waals surface area contributed by atoms with Crippen molar-refractivity contribution >= 4 is 71.0 Å². The minimum atomic E-state index is -1.35. The first kappa shape index (κ1) is 62.7. The van der Waals surface area contributed by atoms with Gasteiger partial charge in [-0.05, 0) is 27.3 Å². The maximum atomic E-state index is 11.1. The van der Waals surface area contributed by atoms with Gasteiger partial charge in [-0.25, -0.2) is 9.59 Å². The van der Waals surface area contributed by atoms with Crippen LogP contribution in [0.4, 0.5) is 0 Å². The third-order valence-corrected chi connectivity index (χ3v) is 5.05. The number of ketones is 5. The number of halogens is 1. The number of hydrogen-bond acceptors (Lipinski definition) is 13. The molecule has 0 heterocycles. The standard InChI is InChI=1S/C8H15N2O2.C7H12O3.C6H11NO2.C5H10N2O2.C5H8O3.ClH.K/c1-4-5-10-6(2)7(11)8(12)9-3;1-4-10-7(9)6(8)5(2)3;1-4(2)5(8)6(9)7-3;1-3(6)4(8)5(9)7-2;1-3(2)4(6)5(7)8;;/h6,10H,1,4-5H2,2-3H3,(H,9,12);5H,4H2,1-3H3;4H,1-3H3,(H,7,9);3H,6H2,1-2H3,(H,7,9);3H,1-2H3,(H,7,8);1H;/q-1;;;;;;+1. The minimum absolute atomic E-state index is 0. The number of rotatable bonds is 14. The fraction of sp³-hybridized carbons (Fsp3) is 0.645. The molecule has 0 aromatic carbocycles. The summed E-state index contributed by atoms with van der Waals surface area (Å²) in [5.74, 6) is -7.21. The second-order valence-corrected chi connectivity index (χ2v) is 10.4. The first-order valence-electron chi connectivity index (χ1n) is 15.0. The maximum absolute atomic E-state index is 11.1. The van der Waals surface area contributed by atoms with Crippen molar-refractivity contribution in [3.05, 3.63) is 6.92 Å².